The lowest BCUT2D eigenvalue weighted by Gasteiger charge is -2.12. The molecule has 0 bridgehead atoms. The third-order valence-corrected chi connectivity index (χ3v) is 2.92. The molecule has 0 aliphatic rings. The fourth-order valence-corrected chi connectivity index (χ4v) is 2.01. The van der Waals surface area contributed by atoms with Gasteiger partial charge in [0.1, 0.15) is 5.75 Å². The highest BCUT2D eigenvalue weighted by molar-refractivity contribution is 5.83. The van der Waals surface area contributed by atoms with Gasteiger partial charge in [-0.15, -0.1) is 0 Å². The predicted molar refractivity (Wildman–Crippen MR) is 72.3 cm³/mol. The second-order valence-electron chi connectivity index (χ2n) is 4.06. The highest BCUT2D eigenvalue weighted by Gasteiger charge is 2.11. The summed E-state index contributed by atoms with van der Waals surface area (Å²) >= 11 is 0. The minimum atomic E-state index is 0.594. The van der Waals surface area contributed by atoms with E-state index in [0.717, 1.165) is 16.7 Å². The summed E-state index contributed by atoms with van der Waals surface area (Å²) < 4.78 is 5.21. The van der Waals surface area contributed by atoms with Crippen LogP contribution in [-0.2, 0) is 0 Å². The van der Waals surface area contributed by atoms with Crippen LogP contribution in [0.25, 0.3) is 11.1 Å². The maximum absolute atomic E-state index is 9.19. The maximum atomic E-state index is 9.19. The smallest absolute Gasteiger partial charge is 0.119 e. The van der Waals surface area contributed by atoms with Crippen LogP contribution >= 0.6 is 0 Å². The first-order valence-corrected chi connectivity index (χ1v) is 5.61. The van der Waals surface area contributed by atoms with Crippen LogP contribution in [-0.4, -0.2) is 7.11 Å². The zero-order chi connectivity index (χ0) is 13.1. The van der Waals surface area contributed by atoms with Crippen LogP contribution in [0.2, 0.25) is 0 Å². The largest absolute Gasteiger partial charge is 0.497 e. The lowest BCUT2D eigenvalue weighted by molar-refractivity contribution is 0.415. The van der Waals surface area contributed by atoms with E-state index in [1.54, 1.807) is 19.2 Å². The van der Waals surface area contributed by atoms with E-state index in [9.17, 15) is 5.26 Å². The Hall–Kier alpha value is -2.47. The van der Waals surface area contributed by atoms with Crippen LogP contribution in [0.4, 0.5) is 5.69 Å². The van der Waals surface area contributed by atoms with Gasteiger partial charge in [0.2, 0.25) is 0 Å². The molecule has 0 aliphatic carbocycles. The summed E-state index contributed by atoms with van der Waals surface area (Å²) in [4.78, 5) is 0. The van der Waals surface area contributed by atoms with Crippen molar-refractivity contribution in [3.63, 3.8) is 0 Å². The summed E-state index contributed by atoms with van der Waals surface area (Å²) in [6.45, 7) is 1.98. The molecule has 18 heavy (non-hydrogen) atoms. The van der Waals surface area contributed by atoms with E-state index in [1.807, 2.05) is 31.2 Å². The van der Waals surface area contributed by atoms with Gasteiger partial charge in [0.15, 0.2) is 0 Å². The Morgan fingerprint density at radius 1 is 1.22 bits per heavy atom. The number of rotatable bonds is 2. The van der Waals surface area contributed by atoms with Gasteiger partial charge >= 0.3 is 0 Å². The van der Waals surface area contributed by atoms with Gasteiger partial charge in [0.25, 0.3) is 0 Å². The van der Waals surface area contributed by atoms with Crippen molar-refractivity contribution in [2.24, 2.45) is 0 Å². The van der Waals surface area contributed by atoms with Gasteiger partial charge in [-0.1, -0.05) is 12.1 Å². The molecular weight excluding hydrogens is 224 g/mol. The quantitative estimate of drug-likeness (QED) is 0.818. The summed E-state index contributed by atoms with van der Waals surface area (Å²) in [5.74, 6) is 0.714. The van der Waals surface area contributed by atoms with Gasteiger partial charge in [0, 0.05) is 16.8 Å². The number of nitriles is 1. The van der Waals surface area contributed by atoms with E-state index < -0.39 is 0 Å². The van der Waals surface area contributed by atoms with E-state index in [4.69, 9.17) is 10.5 Å². The molecular formula is C15H14N2O. The molecule has 0 saturated heterocycles. The Balaban J connectivity index is 2.74. The summed E-state index contributed by atoms with van der Waals surface area (Å²) in [5.41, 5.74) is 10.0. The molecule has 0 heterocycles. The van der Waals surface area contributed by atoms with Gasteiger partial charge < -0.3 is 10.5 Å². The number of nitrogens with zero attached hydrogens (tertiary/aromatic N) is 1. The number of nitrogen functional groups attached to an aromatic ring is 1. The number of nitrogens with two attached hydrogens (primary N) is 1. The zero-order valence-electron chi connectivity index (χ0n) is 10.4. The van der Waals surface area contributed by atoms with Gasteiger partial charge in [-0.3, -0.25) is 0 Å². The molecule has 90 valence electrons. The molecule has 0 amide bonds. The fraction of sp³-hybridized carbons (Fsp3) is 0.133. The van der Waals surface area contributed by atoms with Gasteiger partial charge in [0.05, 0.1) is 18.7 Å². The minimum Gasteiger partial charge on any atom is -0.497 e. The van der Waals surface area contributed by atoms with Gasteiger partial charge in [-0.25, -0.2) is 0 Å². The van der Waals surface area contributed by atoms with Crippen molar-refractivity contribution in [2.75, 3.05) is 12.8 Å². The first-order valence-electron chi connectivity index (χ1n) is 5.61. The highest BCUT2D eigenvalue weighted by atomic mass is 16.5. The van der Waals surface area contributed by atoms with E-state index >= 15 is 0 Å². The van der Waals surface area contributed by atoms with Crippen molar-refractivity contribution in [3.05, 3.63) is 47.5 Å². The summed E-state index contributed by atoms with van der Waals surface area (Å²) in [5, 5.41) is 9.19. The van der Waals surface area contributed by atoms with Crippen molar-refractivity contribution in [3.8, 4) is 22.9 Å². The molecule has 0 saturated carbocycles. The predicted octanol–water partition coefficient (Wildman–Crippen LogP) is 3.12. The first-order chi connectivity index (χ1) is 8.67. The van der Waals surface area contributed by atoms with Crippen molar-refractivity contribution in [1.82, 2.24) is 0 Å². The first kappa shape index (κ1) is 12.0. The fourth-order valence-electron chi connectivity index (χ4n) is 2.01. The van der Waals surface area contributed by atoms with Crippen LogP contribution in [0.5, 0.6) is 5.75 Å². The zero-order valence-corrected chi connectivity index (χ0v) is 10.4. The molecule has 3 nitrogen and oxygen atoms in total. The molecule has 0 atom stereocenters. The third-order valence-electron chi connectivity index (χ3n) is 2.92. The molecule has 2 aromatic rings. The Bertz CT molecular complexity index is 607. The van der Waals surface area contributed by atoms with Crippen LogP contribution in [0, 0.1) is 18.3 Å². The molecule has 0 radical (unpaired) electrons. The molecule has 0 aliphatic heterocycles. The number of hydrogen-bond acceptors (Lipinski definition) is 3. The molecule has 2 N–H and O–H groups in total. The van der Waals surface area contributed by atoms with Crippen molar-refractivity contribution >= 4 is 5.69 Å². The lowest BCUT2D eigenvalue weighted by Crippen LogP contribution is -1.95. The Morgan fingerprint density at radius 2 is 2.00 bits per heavy atom. The number of methoxy groups -OCH3 is 1. The Kier molecular flexibility index (Phi) is 3.20. The SMILES string of the molecule is COc1ccc(C#N)c(-c2c(C)cccc2N)c1. The number of aryl methyl sites for hydroxylation is 1. The monoisotopic (exact) mass is 238 g/mol. The topological polar surface area (TPSA) is 59.0 Å². The number of benzene rings is 2. The van der Waals surface area contributed by atoms with Crippen LogP contribution in [0.1, 0.15) is 11.1 Å². The Morgan fingerprint density at radius 3 is 2.61 bits per heavy atom. The normalized spacial score (nSPS) is 9.83. The number of ether oxygens (including phenoxy) is 1. The number of anilines is 1. The lowest BCUT2D eigenvalue weighted by atomic mass is 9.95. The average Bonchev–Trinajstić information content (AvgIpc) is 2.38. The molecule has 0 unspecified atom stereocenters. The summed E-state index contributed by atoms with van der Waals surface area (Å²) in [6.07, 6.45) is 0. The maximum Gasteiger partial charge on any atom is 0.119 e. The van der Waals surface area contributed by atoms with Gasteiger partial charge in [-0.2, -0.15) is 5.26 Å². The molecule has 0 aromatic heterocycles. The van der Waals surface area contributed by atoms with Crippen LogP contribution in [0.3, 0.4) is 0 Å². The van der Waals surface area contributed by atoms with E-state index in [0.29, 0.717) is 17.0 Å². The summed E-state index contributed by atoms with van der Waals surface area (Å²) in [6, 6.07) is 13.3. The Labute approximate surface area is 106 Å². The minimum absolute atomic E-state index is 0.594. The van der Waals surface area contributed by atoms with Gasteiger partial charge in [-0.05, 0) is 36.8 Å². The summed E-state index contributed by atoms with van der Waals surface area (Å²) in [7, 11) is 1.60. The second-order valence-corrected chi connectivity index (χ2v) is 4.06. The van der Waals surface area contributed by atoms with Crippen molar-refractivity contribution in [2.45, 2.75) is 6.92 Å². The molecule has 0 fully saturated rings. The van der Waals surface area contributed by atoms with E-state index in [2.05, 4.69) is 6.07 Å². The third kappa shape index (κ3) is 2.01. The number of hydrogen-bond donors (Lipinski definition) is 1. The highest BCUT2D eigenvalue weighted by Crippen LogP contribution is 2.34. The van der Waals surface area contributed by atoms with Crippen LogP contribution < -0.4 is 10.5 Å². The van der Waals surface area contributed by atoms with Crippen molar-refractivity contribution in [1.29, 1.82) is 5.26 Å². The molecule has 2 aromatic carbocycles. The molecule has 0 spiro atoms. The van der Waals surface area contributed by atoms with E-state index in [-0.39, 0.29) is 0 Å². The molecule has 3 heteroatoms. The second kappa shape index (κ2) is 4.80. The molecule has 2 rings (SSSR count). The van der Waals surface area contributed by atoms with Crippen LogP contribution in [0.15, 0.2) is 36.4 Å². The standard InChI is InChI=1S/C15H14N2O/c1-10-4-3-5-14(17)15(10)13-8-12(18-2)7-6-11(13)9-16/h3-8H,17H2,1-2H3. The van der Waals surface area contributed by atoms with Crippen molar-refractivity contribution < 1.29 is 4.74 Å². The van der Waals surface area contributed by atoms with E-state index in [1.165, 1.54) is 0 Å². The average molecular weight is 238 g/mol.